The van der Waals surface area contributed by atoms with Crippen LogP contribution in [0.25, 0.3) is 0 Å². The lowest BCUT2D eigenvalue weighted by atomic mass is 10.3. The molecule has 0 bridgehead atoms. The average Bonchev–Trinajstić information content (AvgIpc) is 3.07. The molecule has 8 nitrogen and oxygen atoms in total. The highest BCUT2D eigenvalue weighted by molar-refractivity contribution is 7.92. The highest BCUT2D eigenvalue weighted by Crippen LogP contribution is 2.34. The summed E-state index contributed by atoms with van der Waals surface area (Å²) in [5.74, 6) is 1.66. The Kier molecular flexibility index (Phi) is 5.48. The van der Waals surface area contributed by atoms with Crippen LogP contribution >= 0.6 is 0 Å². The second-order valence-corrected chi connectivity index (χ2v) is 7.82. The number of nitrogens with zero attached hydrogens (tertiary/aromatic N) is 2. The summed E-state index contributed by atoms with van der Waals surface area (Å²) in [4.78, 5) is 6.45. The lowest BCUT2D eigenvalue weighted by Gasteiger charge is -2.11. The summed E-state index contributed by atoms with van der Waals surface area (Å²) in [7, 11) is 0.325. The molecule has 0 aliphatic carbocycles. The fourth-order valence-electron chi connectivity index (χ4n) is 2.43. The van der Waals surface area contributed by atoms with Crippen LogP contribution in [0.3, 0.4) is 0 Å². The molecule has 0 saturated heterocycles. The number of rotatable bonds is 8. The minimum absolute atomic E-state index is 0.0964. The Hall–Kier alpha value is -2.52. The van der Waals surface area contributed by atoms with E-state index >= 15 is 0 Å². The van der Waals surface area contributed by atoms with Gasteiger partial charge in [-0.15, -0.1) is 0 Å². The predicted molar refractivity (Wildman–Crippen MR) is 99.3 cm³/mol. The molecule has 26 heavy (non-hydrogen) atoms. The Morgan fingerprint density at radius 2 is 1.96 bits per heavy atom. The van der Waals surface area contributed by atoms with E-state index in [-0.39, 0.29) is 11.7 Å². The van der Waals surface area contributed by atoms with Crippen molar-refractivity contribution in [3.8, 4) is 11.5 Å². The smallest absolute Gasteiger partial charge is 0.262 e. The van der Waals surface area contributed by atoms with E-state index < -0.39 is 10.0 Å². The van der Waals surface area contributed by atoms with Crippen LogP contribution in [0.4, 0.5) is 11.5 Å². The average molecular weight is 378 g/mol. The molecule has 2 aromatic rings. The summed E-state index contributed by atoms with van der Waals surface area (Å²) in [5.41, 5.74) is 0.390. The molecule has 3 rings (SSSR count). The summed E-state index contributed by atoms with van der Waals surface area (Å²) in [6.45, 7) is 1.88. The van der Waals surface area contributed by atoms with E-state index in [4.69, 9.17) is 9.47 Å². The lowest BCUT2D eigenvalue weighted by Crippen LogP contribution is -2.16. The van der Waals surface area contributed by atoms with Gasteiger partial charge in [0.15, 0.2) is 11.5 Å². The molecule has 2 heterocycles. The molecule has 9 heteroatoms. The Labute approximate surface area is 153 Å². The van der Waals surface area contributed by atoms with Gasteiger partial charge in [-0.25, -0.2) is 13.4 Å². The largest absolute Gasteiger partial charge is 0.454 e. The van der Waals surface area contributed by atoms with Gasteiger partial charge < -0.3 is 19.7 Å². The van der Waals surface area contributed by atoms with Gasteiger partial charge in [0.05, 0.1) is 16.8 Å². The van der Waals surface area contributed by atoms with E-state index in [1.807, 2.05) is 14.1 Å². The third-order valence-electron chi connectivity index (χ3n) is 3.76. The summed E-state index contributed by atoms with van der Waals surface area (Å²) in [6, 6.07) is 7.91. The summed E-state index contributed by atoms with van der Waals surface area (Å²) < 4.78 is 37.9. The first-order chi connectivity index (χ1) is 12.4. The van der Waals surface area contributed by atoms with E-state index in [2.05, 4.69) is 19.9 Å². The minimum atomic E-state index is -3.73. The van der Waals surface area contributed by atoms with Gasteiger partial charge in [0.1, 0.15) is 5.82 Å². The van der Waals surface area contributed by atoms with Gasteiger partial charge in [-0.2, -0.15) is 0 Å². The maximum Gasteiger partial charge on any atom is 0.262 e. The molecule has 1 aromatic heterocycles. The number of fused-ring (bicyclic) bond motifs is 1. The van der Waals surface area contributed by atoms with Crippen molar-refractivity contribution in [2.75, 3.05) is 44.0 Å². The van der Waals surface area contributed by atoms with Gasteiger partial charge in [-0.05, 0) is 51.3 Å². The predicted octanol–water partition coefficient (Wildman–Crippen LogP) is 1.97. The van der Waals surface area contributed by atoms with Gasteiger partial charge in [0.2, 0.25) is 6.79 Å². The summed E-state index contributed by atoms with van der Waals surface area (Å²) in [5, 5.41) is 3.20. The molecular formula is C17H22N4O4S. The van der Waals surface area contributed by atoms with Crippen LogP contribution < -0.4 is 19.5 Å². The van der Waals surface area contributed by atoms with Crippen molar-refractivity contribution in [1.29, 1.82) is 0 Å². The van der Waals surface area contributed by atoms with Gasteiger partial charge in [0, 0.05) is 12.6 Å². The van der Waals surface area contributed by atoms with Crippen molar-refractivity contribution in [2.45, 2.75) is 11.3 Å². The summed E-state index contributed by atoms with van der Waals surface area (Å²) in [6.07, 6.45) is 2.48. The number of nitrogens with one attached hydrogen (secondary N) is 2. The molecule has 0 amide bonds. The molecule has 0 fully saturated rings. The van der Waals surface area contributed by atoms with Crippen LogP contribution in [0.1, 0.15) is 6.42 Å². The molecule has 140 valence electrons. The molecular weight excluding hydrogens is 356 g/mol. The van der Waals surface area contributed by atoms with Crippen molar-refractivity contribution in [3.63, 3.8) is 0 Å². The van der Waals surface area contributed by atoms with E-state index in [1.165, 1.54) is 18.3 Å². The highest BCUT2D eigenvalue weighted by Gasteiger charge is 2.20. The Morgan fingerprint density at radius 3 is 2.69 bits per heavy atom. The Bertz CT molecular complexity index is 854. The van der Waals surface area contributed by atoms with Crippen molar-refractivity contribution in [3.05, 3.63) is 36.5 Å². The topological polar surface area (TPSA) is 92.8 Å². The van der Waals surface area contributed by atoms with Gasteiger partial charge in [0.25, 0.3) is 10.0 Å². The molecule has 2 N–H and O–H groups in total. The monoisotopic (exact) mass is 378 g/mol. The number of hydrogen-bond donors (Lipinski definition) is 2. The van der Waals surface area contributed by atoms with Crippen LogP contribution in [0.15, 0.2) is 41.4 Å². The van der Waals surface area contributed by atoms with Crippen molar-refractivity contribution in [2.24, 2.45) is 0 Å². The number of aromatic nitrogens is 1. The maximum atomic E-state index is 12.5. The zero-order chi connectivity index (χ0) is 18.6. The molecule has 0 saturated carbocycles. The number of anilines is 2. The van der Waals surface area contributed by atoms with Gasteiger partial charge in [-0.3, -0.25) is 4.72 Å². The Balaban J connectivity index is 1.61. The fraction of sp³-hybridized carbons (Fsp3) is 0.353. The van der Waals surface area contributed by atoms with Crippen molar-refractivity contribution < 1.29 is 17.9 Å². The molecule has 1 aromatic carbocycles. The minimum Gasteiger partial charge on any atom is -0.454 e. The van der Waals surface area contributed by atoms with Gasteiger partial charge in [-0.1, -0.05) is 0 Å². The van der Waals surface area contributed by atoms with E-state index in [1.54, 1.807) is 18.2 Å². The lowest BCUT2D eigenvalue weighted by molar-refractivity contribution is 0.174. The molecule has 0 radical (unpaired) electrons. The second-order valence-electron chi connectivity index (χ2n) is 6.14. The van der Waals surface area contributed by atoms with Crippen molar-refractivity contribution >= 4 is 21.5 Å². The third kappa shape index (κ3) is 4.55. The first-order valence-corrected chi connectivity index (χ1v) is 9.69. The van der Waals surface area contributed by atoms with Gasteiger partial charge >= 0.3 is 0 Å². The van der Waals surface area contributed by atoms with Crippen LogP contribution in [-0.4, -0.2) is 52.3 Å². The van der Waals surface area contributed by atoms with Crippen LogP contribution in [0.5, 0.6) is 11.5 Å². The SMILES string of the molecule is CN(C)CCCNc1ccc(NS(=O)(=O)c2ccc3c(c2)OCO3)cn1. The number of pyridine rings is 1. The number of sulfonamides is 1. The summed E-state index contributed by atoms with van der Waals surface area (Å²) >= 11 is 0. The Morgan fingerprint density at radius 1 is 1.15 bits per heavy atom. The zero-order valence-electron chi connectivity index (χ0n) is 14.7. The fourth-order valence-corrected chi connectivity index (χ4v) is 3.49. The second kappa shape index (κ2) is 7.79. The molecule has 0 spiro atoms. The standard InChI is InChI=1S/C17H22N4O4S/c1-21(2)9-3-8-18-17-7-4-13(11-19-17)20-26(22,23)14-5-6-15-16(10-14)25-12-24-15/h4-7,10-11,20H,3,8-9,12H2,1-2H3,(H,18,19). The number of benzene rings is 1. The molecule has 0 atom stereocenters. The van der Waals surface area contributed by atoms with Crippen molar-refractivity contribution in [1.82, 2.24) is 9.88 Å². The normalized spacial score (nSPS) is 13.0. The molecule has 0 unspecified atom stereocenters. The third-order valence-corrected chi connectivity index (χ3v) is 5.14. The first kappa shape index (κ1) is 18.3. The number of hydrogen-bond acceptors (Lipinski definition) is 7. The first-order valence-electron chi connectivity index (χ1n) is 8.21. The zero-order valence-corrected chi connectivity index (χ0v) is 15.5. The number of ether oxygens (including phenoxy) is 2. The molecule has 1 aliphatic rings. The quantitative estimate of drug-likeness (QED) is 0.679. The van der Waals surface area contributed by atoms with Crippen LogP contribution in [-0.2, 0) is 10.0 Å². The van der Waals surface area contributed by atoms with E-state index in [9.17, 15) is 8.42 Å². The molecule has 1 aliphatic heterocycles. The van der Waals surface area contributed by atoms with Crippen LogP contribution in [0, 0.1) is 0 Å². The van der Waals surface area contributed by atoms with Crippen LogP contribution in [0.2, 0.25) is 0 Å². The highest BCUT2D eigenvalue weighted by atomic mass is 32.2. The van der Waals surface area contributed by atoms with E-state index in [0.29, 0.717) is 23.0 Å². The maximum absolute atomic E-state index is 12.5. The van der Waals surface area contributed by atoms with E-state index in [0.717, 1.165) is 19.5 Å².